The molecule has 27 heavy (non-hydrogen) atoms. The number of rotatable bonds is 3. The molecule has 1 aromatic heterocycles. The molecule has 0 saturated carbocycles. The molecule has 2 aliphatic rings. The molecule has 1 N–H and O–H groups in total. The molecule has 0 radical (unpaired) electrons. The number of ether oxygens (including phenoxy) is 2. The van der Waals surface area contributed by atoms with Gasteiger partial charge < -0.3 is 14.8 Å². The van der Waals surface area contributed by atoms with Gasteiger partial charge in [-0.3, -0.25) is 13.9 Å². The second-order valence-corrected chi connectivity index (χ2v) is 6.47. The summed E-state index contributed by atoms with van der Waals surface area (Å²) in [5.74, 6) is -0.202. The van der Waals surface area contributed by atoms with Crippen LogP contribution in [0.4, 0.5) is 5.82 Å². The van der Waals surface area contributed by atoms with E-state index in [1.807, 2.05) is 25.1 Å². The van der Waals surface area contributed by atoms with Crippen molar-refractivity contribution >= 4 is 11.8 Å². The molecule has 3 heterocycles. The number of nitrogens with one attached hydrogen (secondary N) is 1. The Labute approximate surface area is 154 Å². The van der Waals surface area contributed by atoms with Crippen molar-refractivity contribution in [3.05, 3.63) is 67.5 Å². The summed E-state index contributed by atoms with van der Waals surface area (Å²) < 4.78 is 13.4. The third-order valence-electron chi connectivity index (χ3n) is 4.97. The van der Waals surface area contributed by atoms with Crippen LogP contribution < -0.4 is 21.3 Å². The second kappa shape index (κ2) is 6.15. The van der Waals surface area contributed by atoms with Crippen LogP contribution in [0, 0.1) is 0 Å². The van der Waals surface area contributed by atoms with Crippen molar-refractivity contribution in [2.45, 2.75) is 12.8 Å². The standard InChI is InChI=1S/C19H19N3O5/c1-4-26-12-8-6-5-7-10(12)13-14-11(9-27-18(14)24)20-16-15(13)17(23)22(3)19(25)21(16)2/h5-8,13,20H,4,9H2,1-3H3. The fraction of sp³-hybridized carbons (Fsp3) is 0.316. The number of para-hydroxylation sites is 1. The summed E-state index contributed by atoms with van der Waals surface area (Å²) in [6.07, 6.45) is 0. The maximum atomic E-state index is 13.0. The Morgan fingerprint density at radius 3 is 2.67 bits per heavy atom. The van der Waals surface area contributed by atoms with Crippen molar-refractivity contribution in [1.82, 2.24) is 9.13 Å². The summed E-state index contributed by atoms with van der Waals surface area (Å²) in [7, 11) is 3.01. The van der Waals surface area contributed by atoms with Crippen molar-refractivity contribution in [1.29, 1.82) is 0 Å². The van der Waals surface area contributed by atoms with Crippen molar-refractivity contribution in [3.63, 3.8) is 0 Å². The first-order valence-corrected chi connectivity index (χ1v) is 8.64. The first kappa shape index (κ1) is 17.1. The molecule has 2 aromatic rings. The van der Waals surface area contributed by atoms with Gasteiger partial charge >= 0.3 is 11.7 Å². The zero-order valence-electron chi connectivity index (χ0n) is 15.2. The molecule has 2 aliphatic heterocycles. The highest BCUT2D eigenvalue weighted by Crippen LogP contribution is 2.44. The maximum absolute atomic E-state index is 13.0. The summed E-state index contributed by atoms with van der Waals surface area (Å²) in [4.78, 5) is 37.9. The first-order valence-electron chi connectivity index (χ1n) is 8.64. The lowest BCUT2D eigenvalue weighted by molar-refractivity contribution is -0.136. The maximum Gasteiger partial charge on any atom is 0.337 e. The molecule has 1 atom stereocenters. The monoisotopic (exact) mass is 369 g/mol. The molecule has 1 aromatic carbocycles. The average Bonchev–Trinajstić information content (AvgIpc) is 3.05. The zero-order valence-corrected chi connectivity index (χ0v) is 15.2. The number of cyclic esters (lactones) is 1. The van der Waals surface area contributed by atoms with Gasteiger partial charge in [-0.05, 0) is 13.0 Å². The van der Waals surface area contributed by atoms with Crippen LogP contribution in [0.3, 0.4) is 0 Å². The third-order valence-corrected chi connectivity index (χ3v) is 4.97. The van der Waals surface area contributed by atoms with Gasteiger partial charge in [0.1, 0.15) is 18.2 Å². The highest BCUT2D eigenvalue weighted by Gasteiger charge is 2.42. The smallest absolute Gasteiger partial charge is 0.337 e. The first-order chi connectivity index (χ1) is 13.0. The van der Waals surface area contributed by atoms with Crippen molar-refractivity contribution < 1.29 is 14.3 Å². The SMILES string of the molecule is CCOc1ccccc1C1C2=C(COC2=O)Nc2c1c(=O)n(C)c(=O)n2C. The summed E-state index contributed by atoms with van der Waals surface area (Å²) >= 11 is 0. The van der Waals surface area contributed by atoms with Crippen LogP contribution >= 0.6 is 0 Å². The number of benzene rings is 1. The van der Waals surface area contributed by atoms with Gasteiger partial charge in [0, 0.05) is 19.7 Å². The van der Waals surface area contributed by atoms with Crippen molar-refractivity contribution in [2.24, 2.45) is 14.1 Å². The molecular weight excluding hydrogens is 350 g/mol. The van der Waals surface area contributed by atoms with E-state index in [0.717, 1.165) is 4.57 Å². The van der Waals surface area contributed by atoms with E-state index in [0.29, 0.717) is 40.6 Å². The normalized spacial score (nSPS) is 17.9. The van der Waals surface area contributed by atoms with E-state index in [1.54, 1.807) is 13.1 Å². The van der Waals surface area contributed by atoms with Gasteiger partial charge in [-0.2, -0.15) is 0 Å². The lowest BCUT2D eigenvalue weighted by Crippen LogP contribution is -2.43. The minimum atomic E-state index is -0.681. The molecule has 8 heteroatoms. The van der Waals surface area contributed by atoms with Gasteiger partial charge in [0.05, 0.1) is 29.4 Å². The Hall–Kier alpha value is -3.29. The lowest BCUT2D eigenvalue weighted by Gasteiger charge is -2.29. The predicted molar refractivity (Wildman–Crippen MR) is 98.0 cm³/mol. The quantitative estimate of drug-likeness (QED) is 0.807. The van der Waals surface area contributed by atoms with Crippen LogP contribution in [0.2, 0.25) is 0 Å². The number of aromatic nitrogens is 2. The number of carbonyl (C=O) groups is 1. The van der Waals surface area contributed by atoms with Gasteiger partial charge in [0.2, 0.25) is 0 Å². The molecule has 0 amide bonds. The van der Waals surface area contributed by atoms with Crippen LogP contribution in [0.5, 0.6) is 5.75 Å². The fourth-order valence-corrected chi connectivity index (χ4v) is 3.70. The number of fused-ring (bicyclic) bond motifs is 1. The minimum absolute atomic E-state index is 0.0737. The number of esters is 1. The van der Waals surface area contributed by atoms with Crippen LogP contribution in [0.1, 0.15) is 24.0 Å². The van der Waals surface area contributed by atoms with E-state index in [1.165, 1.54) is 11.6 Å². The Kier molecular flexibility index (Phi) is 3.91. The summed E-state index contributed by atoms with van der Waals surface area (Å²) in [5.41, 5.74) is 1.05. The Morgan fingerprint density at radius 1 is 1.19 bits per heavy atom. The average molecular weight is 369 g/mol. The lowest BCUT2D eigenvalue weighted by atomic mass is 9.82. The summed E-state index contributed by atoms with van der Waals surface area (Å²) in [6.45, 7) is 2.38. The highest BCUT2D eigenvalue weighted by atomic mass is 16.5. The van der Waals surface area contributed by atoms with E-state index >= 15 is 0 Å². The second-order valence-electron chi connectivity index (χ2n) is 6.47. The highest BCUT2D eigenvalue weighted by molar-refractivity contribution is 5.97. The number of anilines is 1. The molecular formula is C19H19N3O5. The topological polar surface area (TPSA) is 91.6 Å². The summed E-state index contributed by atoms with van der Waals surface area (Å²) in [5, 5.41) is 3.06. The van der Waals surface area contributed by atoms with E-state index in [2.05, 4.69) is 5.32 Å². The largest absolute Gasteiger partial charge is 0.494 e. The van der Waals surface area contributed by atoms with Gasteiger partial charge in [-0.25, -0.2) is 9.59 Å². The van der Waals surface area contributed by atoms with Gasteiger partial charge in [0.15, 0.2) is 0 Å². The van der Waals surface area contributed by atoms with Crippen LogP contribution in [0.25, 0.3) is 0 Å². The van der Waals surface area contributed by atoms with Crippen molar-refractivity contribution in [3.8, 4) is 5.75 Å². The molecule has 0 spiro atoms. The molecule has 0 saturated heterocycles. The molecule has 0 fully saturated rings. The predicted octanol–water partition coefficient (Wildman–Crippen LogP) is 0.851. The fourth-order valence-electron chi connectivity index (χ4n) is 3.70. The number of nitrogens with zero attached hydrogens (tertiary/aromatic N) is 2. The molecule has 1 unspecified atom stereocenters. The van der Waals surface area contributed by atoms with Gasteiger partial charge in [-0.15, -0.1) is 0 Å². The van der Waals surface area contributed by atoms with E-state index in [4.69, 9.17) is 9.47 Å². The Balaban J connectivity index is 2.08. The molecule has 4 rings (SSSR count). The minimum Gasteiger partial charge on any atom is -0.494 e. The molecule has 0 aliphatic carbocycles. The van der Waals surface area contributed by atoms with E-state index in [9.17, 15) is 14.4 Å². The Bertz CT molecular complexity index is 1110. The van der Waals surface area contributed by atoms with Crippen LogP contribution in [-0.4, -0.2) is 28.3 Å². The zero-order chi connectivity index (χ0) is 19.3. The van der Waals surface area contributed by atoms with E-state index < -0.39 is 23.1 Å². The number of hydrogen-bond acceptors (Lipinski definition) is 6. The number of carbonyl (C=O) groups excluding carboxylic acids is 1. The van der Waals surface area contributed by atoms with Gasteiger partial charge in [0.25, 0.3) is 5.56 Å². The third kappa shape index (κ3) is 2.40. The Morgan fingerprint density at radius 2 is 1.93 bits per heavy atom. The molecule has 0 bridgehead atoms. The van der Waals surface area contributed by atoms with Gasteiger partial charge in [-0.1, -0.05) is 18.2 Å². The molecule has 140 valence electrons. The van der Waals surface area contributed by atoms with E-state index in [-0.39, 0.29) is 6.61 Å². The molecule has 8 nitrogen and oxygen atoms in total. The van der Waals surface area contributed by atoms with Crippen LogP contribution in [-0.2, 0) is 23.6 Å². The van der Waals surface area contributed by atoms with Crippen LogP contribution in [0.15, 0.2) is 45.1 Å². The number of hydrogen-bond donors (Lipinski definition) is 1. The van der Waals surface area contributed by atoms with Crippen molar-refractivity contribution in [2.75, 3.05) is 18.5 Å². The summed E-state index contributed by atoms with van der Waals surface area (Å²) in [6, 6.07) is 7.28.